The number of rotatable bonds is 6. The molecule has 1 aromatic rings. The van der Waals surface area contributed by atoms with Gasteiger partial charge in [0.15, 0.2) is 0 Å². The normalized spacial score (nSPS) is 17.6. The summed E-state index contributed by atoms with van der Waals surface area (Å²) in [5.74, 6) is 1.10. The van der Waals surface area contributed by atoms with Crippen LogP contribution >= 0.6 is 12.2 Å². The molecule has 0 aliphatic carbocycles. The predicted molar refractivity (Wildman–Crippen MR) is 108 cm³/mol. The molecule has 0 amide bonds. The highest BCUT2D eigenvalue weighted by Gasteiger charge is 2.37. The van der Waals surface area contributed by atoms with Gasteiger partial charge in [-0.15, -0.1) is 0 Å². The standard InChI is InChI=1S/C18H27N3OS2/c1-13(2)10-11-21(5)15-9-7-6-8-14(15)12-24(22)17-19-16(23)18(3,4)20-17/h6-9,13H,10-12H2,1-5H3,(H,19,20,23). The van der Waals surface area contributed by atoms with E-state index in [9.17, 15) is 4.55 Å². The van der Waals surface area contributed by atoms with Gasteiger partial charge in [0.2, 0.25) is 0 Å². The molecule has 4 nitrogen and oxygen atoms in total. The topological polar surface area (TPSA) is 50.7 Å². The van der Waals surface area contributed by atoms with Crippen LogP contribution in [0.3, 0.4) is 0 Å². The van der Waals surface area contributed by atoms with Crippen molar-refractivity contribution in [2.45, 2.75) is 45.4 Å². The van der Waals surface area contributed by atoms with Crippen LogP contribution in [-0.2, 0) is 16.9 Å². The number of benzene rings is 1. The summed E-state index contributed by atoms with van der Waals surface area (Å²) < 4.78 is 12.7. The average Bonchev–Trinajstić information content (AvgIpc) is 2.79. The van der Waals surface area contributed by atoms with E-state index in [1.165, 1.54) is 0 Å². The molecule has 2 rings (SSSR count). The first-order valence-corrected chi connectivity index (χ1v) is 10.0. The third-order valence-corrected chi connectivity index (χ3v) is 5.90. The fourth-order valence-corrected chi connectivity index (χ4v) is 3.90. The molecule has 0 saturated carbocycles. The Kier molecular flexibility index (Phi) is 6.28. The first kappa shape index (κ1) is 19.2. The molecular weight excluding hydrogens is 338 g/mol. The van der Waals surface area contributed by atoms with Crippen molar-refractivity contribution in [3.8, 4) is 0 Å². The molecule has 132 valence electrons. The van der Waals surface area contributed by atoms with E-state index in [-0.39, 0.29) is 0 Å². The second kappa shape index (κ2) is 7.85. The summed E-state index contributed by atoms with van der Waals surface area (Å²) in [7, 11) is 2.09. The van der Waals surface area contributed by atoms with Crippen LogP contribution in [0.25, 0.3) is 0 Å². The maximum atomic E-state index is 12.7. The number of hydrogen-bond acceptors (Lipinski definition) is 4. The summed E-state index contributed by atoms with van der Waals surface area (Å²) in [4.78, 5) is 7.10. The van der Waals surface area contributed by atoms with Crippen LogP contribution in [0.1, 0.15) is 39.7 Å². The molecule has 1 aliphatic heterocycles. The van der Waals surface area contributed by atoms with Crippen molar-refractivity contribution in [1.29, 1.82) is 0 Å². The number of amidine groups is 1. The fraction of sp³-hybridized carbons (Fsp3) is 0.556. The quantitative estimate of drug-likeness (QED) is 0.619. The highest BCUT2D eigenvalue weighted by molar-refractivity contribution is 8.05. The lowest BCUT2D eigenvalue weighted by atomic mass is 10.1. The Balaban J connectivity index is 2.10. The number of aliphatic imine (C=N–C) groups is 1. The Morgan fingerprint density at radius 3 is 2.58 bits per heavy atom. The lowest BCUT2D eigenvalue weighted by Crippen LogP contribution is -2.44. The van der Waals surface area contributed by atoms with Gasteiger partial charge in [-0.2, -0.15) is 4.99 Å². The molecule has 0 radical (unpaired) electrons. The van der Waals surface area contributed by atoms with Gasteiger partial charge in [-0.05, 0) is 32.3 Å². The summed E-state index contributed by atoms with van der Waals surface area (Å²) in [6, 6.07) is 8.14. The van der Waals surface area contributed by atoms with E-state index in [0.717, 1.165) is 24.2 Å². The van der Waals surface area contributed by atoms with Crippen molar-refractivity contribution in [3.05, 3.63) is 29.8 Å². The molecule has 0 saturated heterocycles. The first-order chi connectivity index (χ1) is 11.2. The highest BCUT2D eigenvalue weighted by Crippen LogP contribution is 2.24. The van der Waals surface area contributed by atoms with Gasteiger partial charge in [0.1, 0.15) is 10.7 Å². The minimum absolute atomic E-state index is 0.395. The Bertz CT molecular complexity index is 628. The van der Waals surface area contributed by atoms with Crippen molar-refractivity contribution in [2.75, 3.05) is 18.5 Å². The van der Waals surface area contributed by atoms with E-state index < -0.39 is 16.7 Å². The van der Waals surface area contributed by atoms with E-state index in [0.29, 0.717) is 21.8 Å². The third kappa shape index (κ3) is 4.71. The van der Waals surface area contributed by atoms with E-state index >= 15 is 0 Å². The smallest absolute Gasteiger partial charge is 0.318 e. The maximum absolute atomic E-state index is 12.7. The lowest BCUT2D eigenvalue weighted by Gasteiger charge is -2.24. The number of anilines is 1. The van der Waals surface area contributed by atoms with Crippen molar-refractivity contribution in [2.24, 2.45) is 10.9 Å². The molecule has 24 heavy (non-hydrogen) atoms. The highest BCUT2D eigenvalue weighted by atomic mass is 32.2. The zero-order chi connectivity index (χ0) is 17.9. The number of thiocarbonyl (C=S) groups is 1. The van der Waals surface area contributed by atoms with Crippen LogP contribution in [0, 0.1) is 5.92 Å². The largest absolute Gasteiger partial charge is 0.609 e. The van der Waals surface area contributed by atoms with Crippen molar-refractivity contribution in [1.82, 2.24) is 5.32 Å². The minimum Gasteiger partial charge on any atom is -0.609 e. The molecule has 6 heteroatoms. The van der Waals surface area contributed by atoms with Gasteiger partial charge >= 0.3 is 5.17 Å². The molecule has 0 fully saturated rings. The maximum Gasteiger partial charge on any atom is 0.318 e. The van der Waals surface area contributed by atoms with Crippen LogP contribution in [0.15, 0.2) is 29.3 Å². The van der Waals surface area contributed by atoms with Gasteiger partial charge in [-0.1, -0.05) is 44.3 Å². The average molecular weight is 366 g/mol. The summed E-state index contributed by atoms with van der Waals surface area (Å²) in [5.41, 5.74) is 1.81. The van der Waals surface area contributed by atoms with Crippen LogP contribution in [0.4, 0.5) is 5.69 Å². The van der Waals surface area contributed by atoms with E-state index in [1.54, 1.807) is 0 Å². The molecule has 0 aromatic heterocycles. The van der Waals surface area contributed by atoms with E-state index in [2.05, 4.69) is 42.2 Å². The summed E-state index contributed by atoms with van der Waals surface area (Å²) in [6.07, 6.45) is 1.13. The van der Waals surface area contributed by atoms with Gasteiger partial charge in [-0.25, -0.2) is 0 Å². The SMILES string of the molecule is CC(C)CCN(C)c1ccccc1C[S+]([O-])C1=NC(=S)C(C)(C)N1. The van der Waals surface area contributed by atoms with Crippen LogP contribution in [-0.4, -0.2) is 33.8 Å². The molecule has 0 bridgehead atoms. The molecule has 0 spiro atoms. The zero-order valence-corrected chi connectivity index (χ0v) is 16.8. The molecule has 1 unspecified atom stereocenters. The van der Waals surface area contributed by atoms with Gasteiger partial charge < -0.3 is 14.8 Å². The van der Waals surface area contributed by atoms with Crippen LogP contribution in [0.2, 0.25) is 0 Å². The molecule has 1 aromatic carbocycles. The monoisotopic (exact) mass is 365 g/mol. The number of nitrogens with one attached hydrogen (secondary N) is 1. The molecule has 1 heterocycles. The van der Waals surface area contributed by atoms with Crippen molar-refractivity contribution in [3.63, 3.8) is 0 Å². The Hall–Kier alpha value is -1.11. The molecule has 1 atom stereocenters. The van der Waals surface area contributed by atoms with Gasteiger partial charge in [0, 0.05) is 36.0 Å². The van der Waals surface area contributed by atoms with Crippen molar-refractivity contribution < 1.29 is 4.55 Å². The first-order valence-electron chi connectivity index (χ1n) is 8.29. The van der Waals surface area contributed by atoms with Gasteiger partial charge in [0.05, 0.1) is 5.54 Å². The Morgan fingerprint density at radius 1 is 1.33 bits per heavy atom. The van der Waals surface area contributed by atoms with Crippen molar-refractivity contribution >= 4 is 39.2 Å². The number of nitrogens with zero attached hydrogens (tertiary/aromatic N) is 2. The van der Waals surface area contributed by atoms with Gasteiger partial charge in [-0.3, -0.25) is 0 Å². The second-order valence-corrected chi connectivity index (χ2v) is 8.95. The summed E-state index contributed by atoms with van der Waals surface area (Å²) >= 11 is 4.02. The molecular formula is C18H27N3OS2. The summed E-state index contributed by atoms with van der Waals surface area (Å²) in [5, 5.41) is 3.67. The Morgan fingerprint density at radius 2 is 2.00 bits per heavy atom. The second-order valence-electron chi connectivity index (χ2n) is 7.19. The minimum atomic E-state index is -1.23. The fourth-order valence-electron chi connectivity index (χ4n) is 2.48. The lowest BCUT2D eigenvalue weighted by molar-refractivity contribution is 0.584. The third-order valence-electron chi connectivity index (χ3n) is 4.10. The van der Waals surface area contributed by atoms with Crippen LogP contribution < -0.4 is 10.2 Å². The van der Waals surface area contributed by atoms with Crippen LogP contribution in [0.5, 0.6) is 0 Å². The van der Waals surface area contributed by atoms with Gasteiger partial charge in [0.25, 0.3) is 0 Å². The number of hydrogen-bond donors (Lipinski definition) is 1. The summed E-state index contributed by atoms with van der Waals surface area (Å²) in [6.45, 7) is 9.34. The molecule has 1 N–H and O–H groups in total. The predicted octanol–water partition coefficient (Wildman–Crippen LogP) is 3.48. The van der Waals surface area contributed by atoms with E-state index in [1.807, 2.05) is 32.0 Å². The van der Waals surface area contributed by atoms with E-state index in [4.69, 9.17) is 12.2 Å². The molecule has 1 aliphatic rings. The zero-order valence-electron chi connectivity index (χ0n) is 15.1. The number of para-hydroxylation sites is 1. The Labute approximate surface area is 153 Å².